The Morgan fingerprint density at radius 3 is 2.35 bits per heavy atom. The smallest absolute Gasteiger partial charge is 0.202 e. The molecule has 1 heterocycles. The van der Waals surface area contributed by atoms with E-state index in [0.717, 1.165) is 12.1 Å². The summed E-state index contributed by atoms with van der Waals surface area (Å²) in [7, 11) is 0. The standard InChI is InChI=1S/C15H11BrO7/c16-11-8(19)4-9-10(12(11)20)13(21)14(22)15(23-9)5-1-2-6(17)7(18)3-5/h1-4,14-15,17-20,22H. The van der Waals surface area contributed by atoms with Crippen LogP contribution < -0.4 is 4.74 Å². The summed E-state index contributed by atoms with van der Waals surface area (Å²) in [5.74, 6) is -2.55. The molecule has 2 atom stereocenters. The Morgan fingerprint density at radius 2 is 1.70 bits per heavy atom. The van der Waals surface area contributed by atoms with E-state index < -0.39 is 29.5 Å². The van der Waals surface area contributed by atoms with Gasteiger partial charge in [0.25, 0.3) is 0 Å². The molecule has 2 aromatic carbocycles. The number of hydrogen-bond donors (Lipinski definition) is 5. The van der Waals surface area contributed by atoms with Crippen molar-refractivity contribution in [3.8, 4) is 28.7 Å². The third-order valence-corrected chi connectivity index (χ3v) is 4.35. The second-order valence-corrected chi connectivity index (χ2v) is 5.82. The molecule has 0 aliphatic carbocycles. The Labute approximate surface area is 138 Å². The van der Waals surface area contributed by atoms with Gasteiger partial charge < -0.3 is 30.3 Å². The van der Waals surface area contributed by atoms with E-state index in [9.17, 15) is 30.3 Å². The minimum Gasteiger partial charge on any atom is -0.506 e. The molecule has 0 amide bonds. The number of phenolic OH excluding ortho intramolecular Hbond substituents is 4. The van der Waals surface area contributed by atoms with Crippen molar-refractivity contribution in [2.45, 2.75) is 12.2 Å². The molecule has 8 heteroatoms. The van der Waals surface area contributed by atoms with Crippen LogP contribution in [0.15, 0.2) is 28.7 Å². The predicted octanol–water partition coefficient (Wildman–Crippen LogP) is 1.95. The lowest BCUT2D eigenvalue weighted by molar-refractivity contribution is 0.0209. The van der Waals surface area contributed by atoms with Gasteiger partial charge in [-0.25, -0.2) is 0 Å². The van der Waals surface area contributed by atoms with E-state index in [4.69, 9.17) is 4.74 Å². The van der Waals surface area contributed by atoms with Crippen LogP contribution in [0.25, 0.3) is 0 Å². The van der Waals surface area contributed by atoms with Gasteiger partial charge in [-0.1, -0.05) is 6.07 Å². The molecule has 1 aliphatic rings. The highest BCUT2D eigenvalue weighted by molar-refractivity contribution is 9.10. The number of rotatable bonds is 1. The summed E-state index contributed by atoms with van der Waals surface area (Å²) in [6, 6.07) is 4.85. The van der Waals surface area contributed by atoms with Gasteiger partial charge in [0.15, 0.2) is 23.7 Å². The Bertz CT molecular complexity index is 818. The van der Waals surface area contributed by atoms with Gasteiger partial charge in [-0.15, -0.1) is 0 Å². The lowest BCUT2D eigenvalue weighted by Crippen LogP contribution is -2.36. The number of halogens is 1. The van der Waals surface area contributed by atoms with Gasteiger partial charge in [0.1, 0.15) is 27.3 Å². The highest BCUT2D eigenvalue weighted by Crippen LogP contribution is 2.47. The third kappa shape index (κ3) is 2.36. The molecule has 0 bridgehead atoms. The van der Waals surface area contributed by atoms with E-state index in [1.54, 1.807) is 0 Å². The van der Waals surface area contributed by atoms with Crippen molar-refractivity contribution < 1.29 is 35.1 Å². The molecule has 1 aliphatic heterocycles. The van der Waals surface area contributed by atoms with Crippen molar-refractivity contribution >= 4 is 21.7 Å². The number of carbonyl (C=O) groups is 1. The van der Waals surface area contributed by atoms with Crippen molar-refractivity contribution in [3.63, 3.8) is 0 Å². The fourth-order valence-electron chi connectivity index (χ4n) is 2.39. The number of hydrogen-bond acceptors (Lipinski definition) is 7. The fraction of sp³-hybridized carbons (Fsp3) is 0.133. The summed E-state index contributed by atoms with van der Waals surface area (Å²) >= 11 is 2.93. The van der Waals surface area contributed by atoms with E-state index in [0.29, 0.717) is 0 Å². The number of aliphatic hydroxyl groups is 1. The van der Waals surface area contributed by atoms with Gasteiger partial charge in [0.05, 0.1) is 0 Å². The summed E-state index contributed by atoms with van der Waals surface area (Å²) < 4.78 is 5.43. The Morgan fingerprint density at radius 1 is 1.00 bits per heavy atom. The maximum Gasteiger partial charge on any atom is 0.202 e. The molecule has 5 N–H and O–H groups in total. The van der Waals surface area contributed by atoms with Gasteiger partial charge in [-0.2, -0.15) is 0 Å². The summed E-state index contributed by atoms with van der Waals surface area (Å²) in [6.45, 7) is 0. The molecular weight excluding hydrogens is 372 g/mol. The van der Waals surface area contributed by atoms with E-state index >= 15 is 0 Å². The normalized spacial score (nSPS) is 20.0. The van der Waals surface area contributed by atoms with Crippen molar-refractivity contribution in [1.29, 1.82) is 0 Å². The average molecular weight is 383 g/mol. The molecule has 0 aromatic heterocycles. The van der Waals surface area contributed by atoms with E-state index in [1.807, 2.05) is 0 Å². The molecule has 0 saturated carbocycles. The van der Waals surface area contributed by atoms with E-state index in [1.165, 1.54) is 12.1 Å². The number of fused-ring (bicyclic) bond motifs is 1. The zero-order valence-corrected chi connectivity index (χ0v) is 13.0. The zero-order chi connectivity index (χ0) is 16.9. The molecule has 7 nitrogen and oxygen atoms in total. The molecular formula is C15H11BrO7. The number of ketones is 1. The number of ether oxygens (including phenoxy) is 1. The number of Topliss-reactive ketones (excluding diaryl/α,β-unsaturated/α-hetero) is 1. The Hall–Kier alpha value is -2.45. The SMILES string of the molecule is O=C1c2c(cc(O)c(Br)c2O)OC(c2ccc(O)c(O)c2)C1O. The Kier molecular flexibility index (Phi) is 3.57. The van der Waals surface area contributed by atoms with Crippen LogP contribution >= 0.6 is 15.9 Å². The summed E-state index contributed by atoms with van der Waals surface area (Å²) in [5, 5.41) is 48.7. The first-order chi connectivity index (χ1) is 10.8. The zero-order valence-electron chi connectivity index (χ0n) is 11.4. The van der Waals surface area contributed by atoms with Crippen molar-refractivity contribution in [2.24, 2.45) is 0 Å². The van der Waals surface area contributed by atoms with Gasteiger partial charge >= 0.3 is 0 Å². The summed E-state index contributed by atoms with van der Waals surface area (Å²) in [4.78, 5) is 12.3. The van der Waals surface area contributed by atoms with Crippen LogP contribution in [0.2, 0.25) is 0 Å². The van der Waals surface area contributed by atoms with Crippen molar-refractivity contribution in [3.05, 3.63) is 39.9 Å². The monoisotopic (exact) mass is 382 g/mol. The van der Waals surface area contributed by atoms with Crippen LogP contribution in [0.5, 0.6) is 28.7 Å². The fourth-order valence-corrected chi connectivity index (χ4v) is 2.71. The Balaban J connectivity index is 2.11. The number of phenols is 4. The second kappa shape index (κ2) is 5.32. The summed E-state index contributed by atoms with van der Waals surface area (Å²) in [6.07, 6.45) is -2.80. The highest BCUT2D eigenvalue weighted by atomic mass is 79.9. The first-order valence-electron chi connectivity index (χ1n) is 6.46. The highest BCUT2D eigenvalue weighted by Gasteiger charge is 2.40. The molecule has 0 radical (unpaired) electrons. The molecule has 0 spiro atoms. The number of aliphatic hydroxyl groups excluding tert-OH is 1. The van der Waals surface area contributed by atoms with Gasteiger partial charge in [-0.3, -0.25) is 4.79 Å². The van der Waals surface area contributed by atoms with Crippen LogP contribution in [-0.4, -0.2) is 37.4 Å². The largest absolute Gasteiger partial charge is 0.506 e. The molecule has 2 aromatic rings. The van der Waals surface area contributed by atoms with Crippen LogP contribution in [0, 0.1) is 0 Å². The molecule has 2 unspecified atom stereocenters. The van der Waals surface area contributed by atoms with Crippen molar-refractivity contribution in [1.82, 2.24) is 0 Å². The quantitative estimate of drug-likeness (QED) is 0.477. The van der Waals surface area contributed by atoms with Crippen LogP contribution in [0.4, 0.5) is 0 Å². The summed E-state index contributed by atoms with van der Waals surface area (Å²) in [5.41, 5.74) is -0.00452. The first-order valence-corrected chi connectivity index (χ1v) is 7.25. The minimum absolute atomic E-state index is 0.0823. The topological polar surface area (TPSA) is 127 Å². The van der Waals surface area contributed by atoms with Gasteiger partial charge in [0.2, 0.25) is 5.78 Å². The molecule has 0 fully saturated rings. The van der Waals surface area contributed by atoms with Gasteiger partial charge in [-0.05, 0) is 33.6 Å². The van der Waals surface area contributed by atoms with Crippen molar-refractivity contribution in [2.75, 3.05) is 0 Å². The van der Waals surface area contributed by atoms with Crippen LogP contribution in [-0.2, 0) is 0 Å². The van der Waals surface area contributed by atoms with Gasteiger partial charge in [0, 0.05) is 6.07 Å². The predicted molar refractivity (Wildman–Crippen MR) is 80.9 cm³/mol. The van der Waals surface area contributed by atoms with Crippen LogP contribution in [0.3, 0.4) is 0 Å². The maximum atomic E-state index is 12.3. The van der Waals surface area contributed by atoms with E-state index in [2.05, 4.69) is 15.9 Å². The lowest BCUT2D eigenvalue weighted by Gasteiger charge is -2.30. The number of benzene rings is 2. The average Bonchev–Trinajstić information content (AvgIpc) is 2.51. The number of carbonyl (C=O) groups excluding carboxylic acids is 1. The minimum atomic E-state index is -1.63. The molecule has 120 valence electrons. The second-order valence-electron chi connectivity index (χ2n) is 5.03. The van der Waals surface area contributed by atoms with E-state index in [-0.39, 0.29) is 32.8 Å². The van der Waals surface area contributed by atoms with Crippen LogP contribution in [0.1, 0.15) is 22.0 Å². The molecule has 0 saturated heterocycles. The number of aromatic hydroxyl groups is 4. The lowest BCUT2D eigenvalue weighted by atomic mass is 9.92. The first kappa shape index (κ1) is 15.4. The third-order valence-electron chi connectivity index (χ3n) is 3.57. The maximum absolute atomic E-state index is 12.3. The molecule has 23 heavy (non-hydrogen) atoms. The molecule has 3 rings (SSSR count).